The number of fused-ring (bicyclic) bond motifs is 1. The maximum atomic E-state index is 12.4. The van der Waals surface area contributed by atoms with Crippen LogP contribution in [-0.2, 0) is 11.2 Å². The summed E-state index contributed by atoms with van der Waals surface area (Å²) in [6.45, 7) is 5.54. The molecule has 3 rings (SSSR count). The summed E-state index contributed by atoms with van der Waals surface area (Å²) in [6.07, 6.45) is 1.61. The van der Waals surface area contributed by atoms with E-state index in [0.717, 1.165) is 11.1 Å². The van der Waals surface area contributed by atoms with Crippen molar-refractivity contribution < 1.29 is 14.6 Å². The number of ether oxygens (including phenoxy) is 1. The Hall–Kier alpha value is -2.89. The van der Waals surface area contributed by atoms with Gasteiger partial charge in [0.15, 0.2) is 11.3 Å². The number of benzene rings is 1. The third kappa shape index (κ3) is 3.08. The van der Waals surface area contributed by atoms with Gasteiger partial charge in [0.1, 0.15) is 0 Å². The molecular formula is C18H19N3O3. The molecule has 0 radical (unpaired) electrons. The number of aromatic hydroxyl groups is 1. The van der Waals surface area contributed by atoms with Crippen LogP contribution in [0.25, 0.3) is 5.65 Å². The van der Waals surface area contributed by atoms with Gasteiger partial charge in [-0.1, -0.05) is 29.8 Å². The van der Waals surface area contributed by atoms with Crippen LogP contribution < -0.4 is 0 Å². The van der Waals surface area contributed by atoms with E-state index >= 15 is 0 Å². The first kappa shape index (κ1) is 16.0. The van der Waals surface area contributed by atoms with E-state index in [4.69, 9.17) is 4.74 Å². The number of carbonyl (C=O) groups is 1. The third-order valence-electron chi connectivity index (χ3n) is 3.60. The highest BCUT2D eigenvalue weighted by atomic mass is 16.5. The summed E-state index contributed by atoms with van der Waals surface area (Å²) < 4.78 is 6.59. The lowest BCUT2D eigenvalue weighted by atomic mass is 10.0. The fourth-order valence-corrected chi connectivity index (χ4v) is 2.59. The van der Waals surface area contributed by atoms with Gasteiger partial charge in [-0.25, -0.2) is 9.78 Å². The zero-order valence-corrected chi connectivity index (χ0v) is 13.9. The molecule has 2 heterocycles. The Kier molecular flexibility index (Phi) is 4.20. The molecule has 24 heavy (non-hydrogen) atoms. The van der Waals surface area contributed by atoms with Crippen molar-refractivity contribution in [1.82, 2.24) is 14.6 Å². The Labute approximate surface area is 139 Å². The highest BCUT2D eigenvalue weighted by Gasteiger charge is 2.23. The number of nitrogens with zero attached hydrogens (tertiary/aromatic N) is 3. The van der Waals surface area contributed by atoms with Gasteiger partial charge < -0.3 is 9.84 Å². The van der Waals surface area contributed by atoms with Gasteiger partial charge in [0.25, 0.3) is 0 Å². The van der Waals surface area contributed by atoms with Crippen LogP contribution in [0.5, 0.6) is 5.88 Å². The van der Waals surface area contributed by atoms with Crippen LogP contribution in [0.15, 0.2) is 36.5 Å². The summed E-state index contributed by atoms with van der Waals surface area (Å²) in [5, 5.41) is 14.6. The van der Waals surface area contributed by atoms with Crippen molar-refractivity contribution in [2.24, 2.45) is 0 Å². The van der Waals surface area contributed by atoms with Crippen molar-refractivity contribution in [1.29, 1.82) is 0 Å². The molecule has 1 aromatic carbocycles. The van der Waals surface area contributed by atoms with Gasteiger partial charge >= 0.3 is 5.97 Å². The van der Waals surface area contributed by atoms with Crippen LogP contribution in [0, 0.1) is 6.92 Å². The van der Waals surface area contributed by atoms with E-state index in [0.29, 0.717) is 17.6 Å². The first-order valence-electron chi connectivity index (χ1n) is 7.78. The largest absolute Gasteiger partial charge is 0.493 e. The molecule has 0 bridgehead atoms. The summed E-state index contributed by atoms with van der Waals surface area (Å²) in [4.78, 5) is 16.8. The molecule has 6 heteroatoms. The van der Waals surface area contributed by atoms with E-state index in [9.17, 15) is 9.90 Å². The first-order valence-corrected chi connectivity index (χ1v) is 7.78. The lowest BCUT2D eigenvalue weighted by Gasteiger charge is -2.13. The molecule has 0 aliphatic carbocycles. The number of aryl methyl sites for hydroxylation is 1. The van der Waals surface area contributed by atoms with E-state index in [1.807, 2.05) is 31.2 Å². The smallest absolute Gasteiger partial charge is 0.357 e. The molecule has 2 aromatic heterocycles. The van der Waals surface area contributed by atoms with Gasteiger partial charge in [-0.05, 0) is 26.3 Å². The highest BCUT2D eigenvalue weighted by Crippen LogP contribution is 2.25. The van der Waals surface area contributed by atoms with Gasteiger partial charge in [0.2, 0.25) is 5.88 Å². The molecule has 0 spiro atoms. The molecule has 0 amide bonds. The topological polar surface area (TPSA) is 76.7 Å². The molecule has 124 valence electrons. The number of hydrogen-bond acceptors (Lipinski definition) is 5. The molecule has 6 nitrogen and oxygen atoms in total. The molecule has 0 saturated heterocycles. The molecule has 0 aliphatic rings. The van der Waals surface area contributed by atoms with Crippen LogP contribution in [0.2, 0.25) is 0 Å². The van der Waals surface area contributed by atoms with Gasteiger partial charge in [-0.2, -0.15) is 9.61 Å². The van der Waals surface area contributed by atoms with Crippen LogP contribution in [0.3, 0.4) is 0 Å². The average molecular weight is 325 g/mol. The molecule has 1 N–H and O–H groups in total. The van der Waals surface area contributed by atoms with Crippen LogP contribution in [0.1, 0.15) is 41.0 Å². The van der Waals surface area contributed by atoms with Crippen molar-refractivity contribution in [2.75, 3.05) is 0 Å². The molecule has 0 saturated carbocycles. The quantitative estimate of drug-likeness (QED) is 0.746. The number of esters is 1. The van der Waals surface area contributed by atoms with E-state index in [1.54, 1.807) is 19.9 Å². The summed E-state index contributed by atoms with van der Waals surface area (Å²) in [6, 6.07) is 9.50. The number of aromatic nitrogens is 3. The Balaban J connectivity index is 2.12. The summed E-state index contributed by atoms with van der Waals surface area (Å²) in [7, 11) is 0. The van der Waals surface area contributed by atoms with Gasteiger partial charge in [-0.15, -0.1) is 0 Å². The molecule has 0 fully saturated rings. The Morgan fingerprint density at radius 3 is 2.83 bits per heavy atom. The van der Waals surface area contributed by atoms with Gasteiger partial charge in [0, 0.05) is 12.5 Å². The van der Waals surface area contributed by atoms with Crippen LogP contribution in [0.4, 0.5) is 0 Å². The van der Waals surface area contributed by atoms with Crippen molar-refractivity contribution in [3.05, 3.63) is 58.9 Å². The Morgan fingerprint density at radius 1 is 1.33 bits per heavy atom. The van der Waals surface area contributed by atoms with E-state index in [-0.39, 0.29) is 17.7 Å². The summed E-state index contributed by atoms with van der Waals surface area (Å²) in [5.74, 6) is -0.645. The molecule has 0 unspecified atom stereocenters. The molecular weight excluding hydrogens is 306 g/mol. The zero-order chi connectivity index (χ0) is 17.3. The minimum atomic E-state index is -0.549. The molecule has 3 aromatic rings. The van der Waals surface area contributed by atoms with E-state index < -0.39 is 5.97 Å². The maximum Gasteiger partial charge on any atom is 0.357 e. The fourth-order valence-electron chi connectivity index (χ4n) is 2.59. The minimum Gasteiger partial charge on any atom is -0.493 e. The number of rotatable bonds is 4. The van der Waals surface area contributed by atoms with Crippen molar-refractivity contribution in [3.8, 4) is 5.88 Å². The third-order valence-corrected chi connectivity index (χ3v) is 3.60. The Morgan fingerprint density at radius 2 is 2.12 bits per heavy atom. The van der Waals surface area contributed by atoms with Crippen molar-refractivity contribution >= 4 is 11.6 Å². The average Bonchev–Trinajstić information content (AvgIpc) is 2.98. The summed E-state index contributed by atoms with van der Waals surface area (Å²) >= 11 is 0. The van der Waals surface area contributed by atoms with E-state index in [1.165, 1.54) is 10.7 Å². The second kappa shape index (κ2) is 6.31. The van der Waals surface area contributed by atoms with Crippen molar-refractivity contribution in [3.63, 3.8) is 0 Å². The molecule has 0 atom stereocenters. The first-order chi connectivity index (χ1) is 11.5. The monoisotopic (exact) mass is 325 g/mol. The second-order valence-corrected chi connectivity index (χ2v) is 5.98. The predicted molar refractivity (Wildman–Crippen MR) is 89.2 cm³/mol. The SMILES string of the molecule is Cc1cccc(Cc2c(C(=O)OC(C)C)nc3ccnn3c2O)c1. The van der Waals surface area contributed by atoms with Crippen LogP contribution >= 0.6 is 0 Å². The van der Waals surface area contributed by atoms with Gasteiger partial charge in [-0.3, -0.25) is 0 Å². The summed E-state index contributed by atoms with van der Waals surface area (Å²) in [5.41, 5.74) is 3.00. The zero-order valence-electron chi connectivity index (χ0n) is 13.9. The fraction of sp³-hybridized carbons (Fsp3) is 0.278. The standard InChI is InChI=1S/C18H19N3O3/c1-11(2)24-18(23)16-14(10-13-6-4-5-12(3)9-13)17(22)21-15(20-16)7-8-19-21/h4-9,11,22H,10H2,1-3H3. The number of carbonyl (C=O) groups excluding carboxylic acids is 1. The minimum absolute atomic E-state index is 0.0952. The Bertz CT molecular complexity index is 900. The lowest BCUT2D eigenvalue weighted by molar-refractivity contribution is 0.0369. The van der Waals surface area contributed by atoms with Crippen LogP contribution in [-0.4, -0.2) is 31.8 Å². The van der Waals surface area contributed by atoms with Gasteiger partial charge in [0.05, 0.1) is 17.9 Å². The molecule has 0 aliphatic heterocycles. The lowest BCUT2D eigenvalue weighted by Crippen LogP contribution is -2.17. The van der Waals surface area contributed by atoms with Crippen molar-refractivity contribution in [2.45, 2.75) is 33.3 Å². The van der Waals surface area contributed by atoms with E-state index in [2.05, 4.69) is 10.1 Å². The number of hydrogen-bond donors (Lipinski definition) is 1. The highest BCUT2D eigenvalue weighted by molar-refractivity contribution is 5.90. The normalized spacial score (nSPS) is 11.2. The predicted octanol–water partition coefficient (Wildman–Crippen LogP) is 2.90. The second-order valence-electron chi connectivity index (χ2n) is 5.98. The maximum absolute atomic E-state index is 12.4.